The molecule has 3 rings (SSSR count). The van der Waals surface area contributed by atoms with Gasteiger partial charge >= 0.3 is 0 Å². The normalized spacial score (nSPS) is 14.0. The molecular weight excluding hydrogens is 328 g/mol. The highest BCUT2D eigenvalue weighted by Gasteiger charge is 2.20. The Balaban J connectivity index is 1.98. The Morgan fingerprint density at radius 2 is 2.21 bits per heavy atom. The maximum Gasteiger partial charge on any atom is 0.283 e. The molecule has 2 aromatic rings. The lowest BCUT2D eigenvalue weighted by molar-refractivity contribution is 0.0992. The van der Waals surface area contributed by atoms with Crippen molar-refractivity contribution in [1.29, 1.82) is 0 Å². The van der Waals surface area contributed by atoms with Crippen molar-refractivity contribution in [2.75, 3.05) is 20.3 Å². The van der Waals surface area contributed by atoms with Gasteiger partial charge in [0.05, 0.1) is 42.6 Å². The van der Waals surface area contributed by atoms with Crippen LogP contribution in [-0.2, 0) is 29.2 Å². The van der Waals surface area contributed by atoms with E-state index in [-0.39, 0.29) is 5.91 Å². The zero-order valence-corrected chi connectivity index (χ0v) is 14.6. The summed E-state index contributed by atoms with van der Waals surface area (Å²) in [5, 5.41) is 0. The van der Waals surface area contributed by atoms with Gasteiger partial charge in [0.15, 0.2) is 4.80 Å². The van der Waals surface area contributed by atoms with Crippen LogP contribution in [0.4, 0.5) is 0 Å². The second-order valence-corrected chi connectivity index (χ2v) is 6.30. The molecule has 0 bridgehead atoms. The number of benzene rings is 1. The Hall–Kier alpha value is -1.96. The highest BCUT2D eigenvalue weighted by molar-refractivity contribution is 7.09. The number of amides is 1. The molecule has 1 aromatic heterocycles. The minimum atomic E-state index is -0.300. The van der Waals surface area contributed by atoms with Gasteiger partial charge < -0.3 is 18.8 Å². The Morgan fingerprint density at radius 1 is 1.38 bits per heavy atom. The third kappa shape index (κ3) is 3.43. The molecule has 2 heterocycles. The molecule has 0 aliphatic carbocycles. The van der Waals surface area contributed by atoms with Crippen LogP contribution in [0, 0.1) is 0 Å². The SMILES string of the molecule is CCOc1ccccc1C(=O)N=c1sc2c(n1CCOC)COC2. The molecule has 7 heteroatoms. The zero-order chi connectivity index (χ0) is 16.9. The predicted molar refractivity (Wildman–Crippen MR) is 90.2 cm³/mol. The molecule has 0 saturated heterocycles. The first-order valence-corrected chi connectivity index (χ1v) is 8.65. The number of methoxy groups -OCH3 is 1. The molecule has 1 aliphatic rings. The van der Waals surface area contributed by atoms with E-state index in [4.69, 9.17) is 14.2 Å². The maximum absolute atomic E-state index is 12.6. The van der Waals surface area contributed by atoms with Gasteiger partial charge in [0.2, 0.25) is 0 Å². The molecule has 128 valence electrons. The minimum absolute atomic E-state index is 0.300. The second kappa shape index (κ2) is 7.74. The first-order chi connectivity index (χ1) is 11.7. The van der Waals surface area contributed by atoms with E-state index >= 15 is 0 Å². The summed E-state index contributed by atoms with van der Waals surface area (Å²) in [6, 6.07) is 7.18. The molecule has 1 aliphatic heterocycles. The van der Waals surface area contributed by atoms with Crippen LogP contribution in [-0.4, -0.2) is 30.8 Å². The van der Waals surface area contributed by atoms with Crippen LogP contribution in [0.25, 0.3) is 0 Å². The van der Waals surface area contributed by atoms with Gasteiger partial charge in [-0.3, -0.25) is 4.79 Å². The van der Waals surface area contributed by atoms with Crippen LogP contribution >= 0.6 is 11.3 Å². The fourth-order valence-corrected chi connectivity index (χ4v) is 3.66. The Kier molecular flexibility index (Phi) is 5.44. The molecule has 0 N–H and O–H groups in total. The van der Waals surface area contributed by atoms with Crippen LogP contribution in [0.3, 0.4) is 0 Å². The molecule has 0 radical (unpaired) electrons. The predicted octanol–water partition coefficient (Wildman–Crippen LogP) is 2.37. The Morgan fingerprint density at radius 3 is 3.00 bits per heavy atom. The lowest BCUT2D eigenvalue weighted by Crippen LogP contribution is -2.21. The van der Waals surface area contributed by atoms with Crippen LogP contribution in [0.5, 0.6) is 5.75 Å². The summed E-state index contributed by atoms with van der Waals surface area (Å²) in [4.78, 5) is 18.8. The van der Waals surface area contributed by atoms with Crippen LogP contribution < -0.4 is 9.54 Å². The summed E-state index contributed by atoms with van der Waals surface area (Å²) in [5.41, 5.74) is 1.56. The largest absolute Gasteiger partial charge is 0.493 e. The number of rotatable bonds is 6. The smallest absolute Gasteiger partial charge is 0.283 e. The summed E-state index contributed by atoms with van der Waals surface area (Å²) in [6.07, 6.45) is 0. The number of thiazole rings is 1. The number of fused-ring (bicyclic) bond motifs is 1. The van der Waals surface area contributed by atoms with Crippen LogP contribution in [0.15, 0.2) is 29.3 Å². The molecule has 0 unspecified atom stereocenters. The number of carbonyl (C=O) groups is 1. The molecule has 0 spiro atoms. The van der Waals surface area contributed by atoms with Crippen molar-refractivity contribution in [3.63, 3.8) is 0 Å². The third-order valence-electron chi connectivity index (χ3n) is 3.70. The fraction of sp³-hybridized carbons (Fsp3) is 0.412. The van der Waals surface area contributed by atoms with E-state index in [2.05, 4.69) is 4.99 Å². The summed E-state index contributed by atoms with van der Waals surface area (Å²) in [6.45, 7) is 4.72. The average Bonchev–Trinajstić information content (AvgIpc) is 3.15. The lowest BCUT2D eigenvalue weighted by Gasteiger charge is -2.07. The van der Waals surface area contributed by atoms with Crippen molar-refractivity contribution in [3.05, 3.63) is 45.2 Å². The molecule has 24 heavy (non-hydrogen) atoms. The van der Waals surface area contributed by atoms with E-state index < -0.39 is 0 Å². The quantitative estimate of drug-likeness (QED) is 0.804. The van der Waals surface area contributed by atoms with Crippen molar-refractivity contribution >= 4 is 17.2 Å². The van der Waals surface area contributed by atoms with Gasteiger partial charge in [0.25, 0.3) is 5.91 Å². The summed E-state index contributed by atoms with van der Waals surface area (Å²) in [7, 11) is 1.66. The van der Waals surface area contributed by atoms with Gasteiger partial charge in [-0.25, -0.2) is 0 Å². The summed E-state index contributed by atoms with van der Waals surface area (Å²) in [5.74, 6) is 0.260. The number of hydrogen-bond donors (Lipinski definition) is 0. The zero-order valence-electron chi connectivity index (χ0n) is 13.8. The number of para-hydroxylation sites is 1. The van der Waals surface area contributed by atoms with E-state index in [9.17, 15) is 4.79 Å². The average molecular weight is 348 g/mol. The van der Waals surface area contributed by atoms with Crippen molar-refractivity contribution in [2.24, 2.45) is 4.99 Å². The number of hydrogen-bond acceptors (Lipinski definition) is 5. The van der Waals surface area contributed by atoms with Crippen LogP contribution in [0.2, 0.25) is 0 Å². The maximum atomic E-state index is 12.6. The fourth-order valence-electron chi connectivity index (χ4n) is 2.57. The second-order valence-electron chi connectivity index (χ2n) is 5.24. The summed E-state index contributed by atoms with van der Waals surface area (Å²) >= 11 is 1.50. The minimum Gasteiger partial charge on any atom is -0.493 e. The highest BCUT2D eigenvalue weighted by atomic mass is 32.1. The summed E-state index contributed by atoms with van der Waals surface area (Å²) < 4.78 is 18.2. The third-order valence-corrected chi connectivity index (χ3v) is 4.79. The molecule has 0 atom stereocenters. The van der Waals surface area contributed by atoms with Gasteiger partial charge in [-0.05, 0) is 19.1 Å². The van der Waals surface area contributed by atoms with Gasteiger partial charge in [-0.2, -0.15) is 4.99 Å². The number of nitrogens with zero attached hydrogens (tertiary/aromatic N) is 2. The van der Waals surface area contributed by atoms with Crippen molar-refractivity contribution in [2.45, 2.75) is 26.7 Å². The van der Waals surface area contributed by atoms with Gasteiger partial charge in [0.1, 0.15) is 5.75 Å². The number of aromatic nitrogens is 1. The molecule has 6 nitrogen and oxygen atoms in total. The topological polar surface area (TPSA) is 62.0 Å². The standard InChI is InChI=1S/C17H20N2O4S/c1-3-23-14-7-5-4-6-12(14)16(20)18-17-19(8-9-21-2)13-10-22-11-15(13)24-17/h4-7H,3,8-11H2,1-2H3. The van der Waals surface area contributed by atoms with Crippen molar-refractivity contribution in [3.8, 4) is 5.75 Å². The molecule has 1 aromatic carbocycles. The van der Waals surface area contributed by atoms with E-state index in [1.165, 1.54) is 11.3 Å². The number of carbonyl (C=O) groups excluding carboxylic acids is 1. The lowest BCUT2D eigenvalue weighted by atomic mass is 10.2. The van der Waals surface area contributed by atoms with E-state index in [1.54, 1.807) is 19.2 Å². The molecule has 1 amide bonds. The van der Waals surface area contributed by atoms with E-state index in [0.717, 1.165) is 10.6 Å². The first-order valence-electron chi connectivity index (χ1n) is 7.83. The van der Waals surface area contributed by atoms with Crippen molar-refractivity contribution < 1.29 is 19.0 Å². The monoisotopic (exact) mass is 348 g/mol. The number of ether oxygens (including phenoxy) is 3. The highest BCUT2D eigenvalue weighted by Crippen LogP contribution is 2.23. The Labute approximate surface area is 144 Å². The van der Waals surface area contributed by atoms with Crippen LogP contribution in [0.1, 0.15) is 27.9 Å². The van der Waals surface area contributed by atoms with E-state index in [1.807, 2.05) is 23.6 Å². The molecular formula is C17H20N2O4S. The van der Waals surface area contributed by atoms with Gasteiger partial charge in [-0.1, -0.05) is 23.5 Å². The molecule has 0 fully saturated rings. The molecule has 0 saturated carbocycles. The van der Waals surface area contributed by atoms with Crippen molar-refractivity contribution in [1.82, 2.24) is 4.57 Å². The van der Waals surface area contributed by atoms with Gasteiger partial charge in [-0.15, -0.1) is 0 Å². The van der Waals surface area contributed by atoms with E-state index in [0.29, 0.717) is 49.1 Å². The van der Waals surface area contributed by atoms with Gasteiger partial charge in [0, 0.05) is 13.7 Å². The Bertz CT molecular complexity index is 794. The first kappa shape index (κ1) is 16.9.